The van der Waals surface area contributed by atoms with Crippen LogP contribution in [0, 0.1) is 13.8 Å². The van der Waals surface area contributed by atoms with Gasteiger partial charge in [0.2, 0.25) is 5.91 Å². The summed E-state index contributed by atoms with van der Waals surface area (Å²) in [5, 5.41) is 2.96. The van der Waals surface area contributed by atoms with Crippen LogP contribution < -0.4 is 5.32 Å². The minimum Gasteiger partial charge on any atom is -0.466 e. The molecular formula is C20H33N3O4. The van der Waals surface area contributed by atoms with E-state index in [1.165, 1.54) is 0 Å². The highest BCUT2D eigenvalue weighted by Gasteiger charge is 2.20. The van der Waals surface area contributed by atoms with E-state index < -0.39 is 0 Å². The van der Waals surface area contributed by atoms with Gasteiger partial charge in [0.1, 0.15) is 11.5 Å². The Morgan fingerprint density at radius 3 is 2.59 bits per heavy atom. The van der Waals surface area contributed by atoms with Crippen molar-refractivity contribution in [3.05, 3.63) is 23.2 Å². The standard InChI is InChI=1S/C20H33N3O4/c1-4-8-23(20(25)18-15-16(2)27-17(18)3)10-6-19(24)21-7-5-9-22-11-13-26-14-12-22/h15H,4-14H2,1-3H3,(H,21,24). The summed E-state index contributed by atoms with van der Waals surface area (Å²) in [6.45, 7) is 11.9. The fourth-order valence-electron chi connectivity index (χ4n) is 3.28. The first kappa shape index (κ1) is 21.4. The molecule has 0 aromatic carbocycles. The summed E-state index contributed by atoms with van der Waals surface area (Å²) in [7, 11) is 0. The lowest BCUT2D eigenvalue weighted by atomic mass is 10.2. The van der Waals surface area contributed by atoms with Gasteiger partial charge in [-0.2, -0.15) is 0 Å². The number of nitrogens with one attached hydrogen (secondary N) is 1. The highest BCUT2D eigenvalue weighted by atomic mass is 16.5. The predicted molar refractivity (Wildman–Crippen MR) is 104 cm³/mol. The molecule has 1 aliphatic heterocycles. The van der Waals surface area contributed by atoms with Crippen LogP contribution in [-0.2, 0) is 9.53 Å². The van der Waals surface area contributed by atoms with Crippen molar-refractivity contribution in [2.24, 2.45) is 0 Å². The molecule has 1 aliphatic rings. The number of nitrogens with zero attached hydrogens (tertiary/aromatic N) is 2. The molecule has 0 atom stereocenters. The fourth-order valence-corrected chi connectivity index (χ4v) is 3.28. The van der Waals surface area contributed by atoms with Crippen LogP contribution in [0.25, 0.3) is 0 Å². The number of hydrogen-bond donors (Lipinski definition) is 1. The van der Waals surface area contributed by atoms with E-state index in [1.54, 1.807) is 17.9 Å². The molecule has 1 aromatic heterocycles. The monoisotopic (exact) mass is 379 g/mol. The zero-order valence-electron chi connectivity index (χ0n) is 16.9. The second-order valence-electron chi connectivity index (χ2n) is 7.03. The second-order valence-corrected chi connectivity index (χ2v) is 7.03. The van der Waals surface area contributed by atoms with Crippen molar-refractivity contribution < 1.29 is 18.7 Å². The number of furan rings is 1. The highest BCUT2D eigenvalue weighted by molar-refractivity contribution is 5.95. The van der Waals surface area contributed by atoms with Crippen LogP contribution in [0.15, 0.2) is 10.5 Å². The van der Waals surface area contributed by atoms with Gasteiger partial charge in [0.25, 0.3) is 5.91 Å². The van der Waals surface area contributed by atoms with Gasteiger partial charge in [-0.05, 0) is 39.3 Å². The van der Waals surface area contributed by atoms with Gasteiger partial charge in [-0.25, -0.2) is 0 Å². The summed E-state index contributed by atoms with van der Waals surface area (Å²) in [4.78, 5) is 29.0. The number of ether oxygens (including phenoxy) is 1. The van der Waals surface area contributed by atoms with Gasteiger partial charge in [-0.3, -0.25) is 14.5 Å². The van der Waals surface area contributed by atoms with Crippen molar-refractivity contribution >= 4 is 11.8 Å². The smallest absolute Gasteiger partial charge is 0.257 e. The van der Waals surface area contributed by atoms with Crippen LogP contribution in [0.1, 0.15) is 48.1 Å². The van der Waals surface area contributed by atoms with Crippen LogP contribution in [0.4, 0.5) is 0 Å². The number of hydrogen-bond acceptors (Lipinski definition) is 5. The maximum absolute atomic E-state index is 12.7. The van der Waals surface area contributed by atoms with E-state index in [-0.39, 0.29) is 11.8 Å². The van der Waals surface area contributed by atoms with Gasteiger partial charge in [0, 0.05) is 39.1 Å². The Bertz CT molecular complexity index is 608. The van der Waals surface area contributed by atoms with Gasteiger partial charge < -0.3 is 19.4 Å². The molecular weight excluding hydrogens is 346 g/mol. The molecule has 2 amide bonds. The topological polar surface area (TPSA) is 75.0 Å². The van der Waals surface area contributed by atoms with E-state index >= 15 is 0 Å². The molecule has 0 spiro atoms. The van der Waals surface area contributed by atoms with E-state index in [0.717, 1.165) is 51.4 Å². The third-order valence-corrected chi connectivity index (χ3v) is 4.74. The Morgan fingerprint density at radius 1 is 1.22 bits per heavy atom. The van der Waals surface area contributed by atoms with Crippen molar-refractivity contribution in [1.82, 2.24) is 15.1 Å². The van der Waals surface area contributed by atoms with Crippen molar-refractivity contribution in [1.29, 1.82) is 0 Å². The molecule has 7 heteroatoms. The van der Waals surface area contributed by atoms with Gasteiger partial charge in [-0.1, -0.05) is 6.92 Å². The SMILES string of the molecule is CCCN(CCC(=O)NCCCN1CCOCC1)C(=O)c1cc(C)oc1C. The lowest BCUT2D eigenvalue weighted by Gasteiger charge is -2.26. The van der Waals surface area contributed by atoms with Gasteiger partial charge in [-0.15, -0.1) is 0 Å². The molecule has 1 aromatic rings. The summed E-state index contributed by atoms with van der Waals surface area (Å²) in [5.74, 6) is 1.29. The minimum atomic E-state index is -0.0636. The number of carbonyl (C=O) groups is 2. The molecule has 152 valence electrons. The molecule has 2 heterocycles. The third-order valence-electron chi connectivity index (χ3n) is 4.74. The number of aryl methyl sites for hydroxylation is 2. The van der Waals surface area contributed by atoms with Crippen LogP contribution in [0.2, 0.25) is 0 Å². The molecule has 7 nitrogen and oxygen atoms in total. The average molecular weight is 380 g/mol. The van der Waals surface area contributed by atoms with E-state index in [1.807, 2.05) is 13.8 Å². The maximum atomic E-state index is 12.7. The normalized spacial score (nSPS) is 14.9. The van der Waals surface area contributed by atoms with Gasteiger partial charge in [0.15, 0.2) is 0 Å². The summed E-state index contributed by atoms with van der Waals surface area (Å²) >= 11 is 0. The third kappa shape index (κ3) is 6.99. The molecule has 2 rings (SSSR count). The lowest BCUT2D eigenvalue weighted by Crippen LogP contribution is -2.39. The second kappa shape index (κ2) is 11.1. The summed E-state index contributed by atoms with van der Waals surface area (Å²) < 4.78 is 10.8. The van der Waals surface area contributed by atoms with Crippen molar-refractivity contribution in [2.75, 3.05) is 52.5 Å². The lowest BCUT2D eigenvalue weighted by molar-refractivity contribution is -0.121. The molecule has 0 bridgehead atoms. The van der Waals surface area contributed by atoms with Crippen LogP contribution >= 0.6 is 0 Å². The van der Waals surface area contributed by atoms with E-state index in [2.05, 4.69) is 10.2 Å². The number of morpholine rings is 1. The van der Waals surface area contributed by atoms with Crippen LogP contribution in [-0.4, -0.2) is 74.1 Å². The number of amides is 2. The van der Waals surface area contributed by atoms with E-state index in [4.69, 9.17) is 9.15 Å². The first-order valence-electron chi connectivity index (χ1n) is 9.94. The Hall–Kier alpha value is -1.86. The Morgan fingerprint density at radius 2 is 1.96 bits per heavy atom. The molecule has 1 fully saturated rings. The van der Waals surface area contributed by atoms with Crippen molar-refractivity contribution in [3.63, 3.8) is 0 Å². The van der Waals surface area contributed by atoms with Gasteiger partial charge >= 0.3 is 0 Å². The molecule has 27 heavy (non-hydrogen) atoms. The van der Waals surface area contributed by atoms with Crippen LogP contribution in [0.5, 0.6) is 0 Å². The number of carbonyl (C=O) groups excluding carboxylic acids is 2. The first-order valence-corrected chi connectivity index (χ1v) is 9.94. The molecule has 1 saturated heterocycles. The Balaban J connectivity index is 1.71. The highest BCUT2D eigenvalue weighted by Crippen LogP contribution is 2.16. The average Bonchev–Trinajstić information content (AvgIpc) is 3.00. The molecule has 0 unspecified atom stereocenters. The summed E-state index contributed by atoms with van der Waals surface area (Å²) in [5.41, 5.74) is 0.590. The maximum Gasteiger partial charge on any atom is 0.257 e. The zero-order valence-corrected chi connectivity index (χ0v) is 16.9. The predicted octanol–water partition coefficient (Wildman–Crippen LogP) is 1.98. The van der Waals surface area contributed by atoms with Crippen molar-refractivity contribution in [2.45, 2.75) is 40.0 Å². The van der Waals surface area contributed by atoms with Crippen LogP contribution in [0.3, 0.4) is 0 Å². The summed E-state index contributed by atoms with van der Waals surface area (Å²) in [6.07, 6.45) is 2.10. The molecule has 1 N–H and O–H groups in total. The van der Waals surface area contributed by atoms with E-state index in [9.17, 15) is 9.59 Å². The zero-order chi connectivity index (χ0) is 19.6. The van der Waals surface area contributed by atoms with Gasteiger partial charge in [0.05, 0.1) is 18.8 Å². The first-order chi connectivity index (χ1) is 13.0. The quantitative estimate of drug-likeness (QED) is 0.629. The summed E-state index contributed by atoms with van der Waals surface area (Å²) in [6, 6.07) is 1.77. The number of rotatable bonds is 10. The van der Waals surface area contributed by atoms with Crippen molar-refractivity contribution in [3.8, 4) is 0 Å². The fraction of sp³-hybridized carbons (Fsp3) is 0.700. The molecule has 0 aliphatic carbocycles. The molecule has 0 radical (unpaired) electrons. The minimum absolute atomic E-state index is 0.00835. The Kier molecular flexibility index (Phi) is 8.81. The molecule has 0 saturated carbocycles. The Labute approximate surface area is 162 Å². The largest absolute Gasteiger partial charge is 0.466 e. The van der Waals surface area contributed by atoms with E-state index in [0.29, 0.717) is 37.4 Å².